The summed E-state index contributed by atoms with van der Waals surface area (Å²) in [6.07, 6.45) is 0.564. The van der Waals surface area contributed by atoms with Gasteiger partial charge >= 0.3 is 5.97 Å². The molecule has 6 nitrogen and oxygen atoms in total. The highest BCUT2D eigenvalue weighted by Gasteiger charge is 2.31. The quantitative estimate of drug-likeness (QED) is 0.478. The van der Waals surface area contributed by atoms with Gasteiger partial charge in [-0.15, -0.1) is 0 Å². The molecule has 0 heterocycles. The Bertz CT molecular complexity index is 719. The van der Waals surface area contributed by atoms with Crippen molar-refractivity contribution in [1.29, 1.82) is 0 Å². The number of carboxylic acid groups (broad SMARTS) is 1. The van der Waals surface area contributed by atoms with Gasteiger partial charge in [-0.05, 0) is 30.7 Å². The first-order valence-corrected chi connectivity index (χ1v) is 10.3. The number of nitrogens with one attached hydrogen (secondary N) is 2. The van der Waals surface area contributed by atoms with Crippen molar-refractivity contribution in [3.63, 3.8) is 0 Å². The molecule has 1 aromatic rings. The highest BCUT2D eigenvalue weighted by Crippen LogP contribution is 2.15. The number of benzene rings is 1. The topological polar surface area (TPSA) is 95.5 Å². The second-order valence-electron chi connectivity index (χ2n) is 8.11. The van der Waals surface area contributed by atoms with Crippen molar-refractivity contribution < 1.29 is 19.5 Å². The maximum absolute atomic E-state index is 12.9. The van der Waals surface area contributed by atoms with Crippen LogP contribution in [0.4, 0.5) is 0 Å². The van der Waals surface area contributed by atoms with E-state index in [1.165, 1.54) is 0 Å². The van der Waals surface area contributed by atoms with Gasteiger partial charge in [0.1, 0.15) is 12.1 Å². The molecular weight excluding hydrogens is 388 g/mol. The Balaban J connectivity index is 2.94. The fourth-order valence-corrected chi connectivity index (χ4v) is 3.62. The van der Waals surface area contributed by atoms with Gasteiger partial charge in [0.05, 0.1) is 5.92 Å². The Morgan fingerprint density at radius 3 is 1.97 bits per heavy atom. The molecule has 0 spiro atoms. The van der Waals surface area contributed by atoms with Crippen LogP contribution in [0.5, 0.6) is 0 Å². The summed E-state index contributed by atoms with van der Waals surface area (Å²) in [4.78, 5) is 37.8. The van der Waals surface area contributed by atoms with Crippen LogP contribution >= 0.6 is 12.2 Å². The van der Waals surface area contributed by atoms with E-state index in [1.807, 2.05) is 58.0 Å². The van der Waals surface area contributed by atoms with Crippen molar-refractivity contribution in [2.75, 3.05) is 0 Å². The minimum Gasteiger partial charge on any atom is -0.480 e. The number of carbonyl (C=O) groups excluding carboxylic acids is 2. The van der Waals surface area contributed by atoms with Crippen LogP contribution in [0.25, 0.3) is 0 Å². The molecule has 1 rings (SSSR count). The van der Waals surface area contributed by atoms with Gasteiger partial charge in [-0.2, -0.15) is 0 Å². The van der Waals surface area contributed by atoms with Crippen LogP contribution in [0, 0.1) is 17.8 Å². The Morgan fingerprint density at radius 2 is 1.52 bits per heavy atom. The Hall–Kier alpha value is -2.28. The van der Waals surface area contributed by atoms with Gasteiger partial charge in [-0.1, -0.05) is 70.2 Å². The van der Waals surface area contributed by atoms with Gasteiger partial charge in [-0.25, -0.2) is 4.79 Å². The zero-order valence-corrected chi connectivity index (χ0v) is 18.6. The van der Waals surface area contributed by atoms with E-state index in [9.17, 15) is 19.5 Å². The molecule has 29 heavy (non-hydrogen) atoms. The molecule has 160 valence electrons. The number of amides is 2. The maximum atomic E-state index is 12.9. The average Bonchev–Trinajstić information content (AvgIpc) is 2.60. The molecular formula is C22H32N2O4S. The standard InChI is InChI=1S/C22H32N2O4S/c1-13(2)11-17(23-21(26)19(14(3)4)15(5)29)20(25)24-18(22(27)28)12-16-9-7-6-8-10-16/h6-10,13-14,17-19H,11-12H2,1-5H3,(H,23,26)(H,24,25)(H,27,28). The number of carboxylic acids is 1. The van der Waals surface area contributed by atoms with E-state index in [2.05, 4.69) is 10.6 Å². The third-order valence-electron chi connectivity index (χ3n) is 4.62. The Labute approximate surface area is 178 Å². The minimum absolute atomic E-state index is 0.000102. The maximum Gasteiger partial charge on any atom is 0.326 e. The third-order valence-corrected chi connectivity index (χ3v) is 4.88. The molecule has 0 fully saturated rings. The Morgan fingerprint density at radius 1 is 0.966 bits per heavy atom. The van der Waals surface area contributed by atoms with Crippen LogP contribution < -0.4 is 10.6 Å². The predicted octanol–water partition coefficient (Wildman–Crippen LogP) is 2.99. The number of rotatable bonds is 11. The van der Waals surface area contributed by atoms with Crippen LogP contribution in [0.1, 0.15) is 46.6 Å². The van der Waals surface area contributed by atoms with E-state index in [1.54, 1.807) is 6.92 Å². The summed E-state index contributed by atoms with van der Waals surface area (Å²) in [6, 6.07) is 7.20. The summed E-state index contributed by atoms with van der Waals surface area (Å²) >= 11 is 5.21. The molecule has 0 aromatic heterocycles. The monoisotopic (exact) mass is 420 g/mol. The van der Waals surface area contributed by atoms with E-state index >= 15 is 0 Å². The van der Waals surface area contributed by atoms with Crippen LogP contribution in [-0.4, -0.2) is 39.8 Å². The summed E-state index contributed by atoms with van der Waals surface area (Å²) in [5.41, 5.74) is 0.806. The minimum atomic E-state index is -1.12. The van der Waals surface area contributed by atoms with E-state index < -0.39 is 29.9 Å². The largest absolute Gasteiger partial charge is 0.480 e. The van der Waals surface area contributed by atoms with Gasteiger partial charge in [0.2, 0.25) is 11.8 Å². The SMILES string of the molecule is CC(=S)C(C(=O)NC(CC(C)C)C(=O)NC(Cc1ccccc1)C(=O)O)C(C)C. The molecule has 2 amide bonds. The van der Waals surface area contributed by atoms with Crippen molar-refractivity contribution in [3.05, 3.63) is 35.9 Å². The molecule has 3 atom stereocenters. The predicted molar refractivity (Wildman–Crippen MR) is 118 cm³/mol. The third kappa shape index (κ3) is 8.31. The molecule has 7 heteroatoms. The summed E-state index contributed by atoms with van der Waals surface area (Å²) in [7, 11) is 0. The first kappa shape index (κ1) is 24.8. The second kappa shape index (κ2) is 11.7. The number of aliphatic carboxylic acids is 1. The lowest BCUT2D eigenvalue weighted by molar-refractivity contribution is -0.142. The Kier molecular flexibility index (Phi) is 9.95. The van der Waals surface area contributed by atoms with Crippen molar-refractivity contribution in [3.8, 4) is 0 Å². The van der Waals surface area contributed by atoms with Gasteiger partial charge in [-0.3, -0.25) is 9.59 Å². The zero-order chi connectivity index (χ0) is 22.1. The zero-order valence-electron chi connectivity index (χ0n) is 17.8. The number of hydrogen-bond acceptors (Lipinski definition) is 4. The molecule has 0 aliphatic heterocycles. The van der Waals surface area contributed by atoms with Crippen LogP contribution in [0.2, 0.25) is 0 Å². The van der Waals surface area contributed by atoms with Crippen molar-refractivity contribution in [2.45, 2.75) is 59.5 Å². The molecule has 0 bridgehead atoms. The van der Waals surface area contributed by atoms with Crippen LogP contribution in [0.3, 0.4) is 0 Å². The summed E-state index contributed by atoms with van der Waals surface area (Å²) in [5.74, 6) is -2.27. The smallest absolute Gasteiger partial charge is 0.326 e. The fourth-order valence-electron chi connectivity index (χ4n) is 3.24. The molecule has 0 aliphatic rings. The highest BCUT2D eigenvalue weighted by atomic mass is 32.1. The van der Waals surface area contributed by atoms with Crippen molar-refractivity contribution in [1.82, 2.24) is 10.6 Å². The van der Waals surface area contributed by atoms with Crippen LogP contribution in [0.15, 0.2) is 30.3 Å². The lowest BCUT2D eigenvalue weighted by Gasteiger charge is -2.26. The van der Waals surface area contributed by atoms with E-state index in [-0.39, 0.29) is 24.2 Å². The first-order chi connectivity index (χ1) is 13.5. The molecule has 3 unspecified atom stereocenters. The fraction of sp³-hybridized carbons (Fsp3) is 0.545. The molecule has 0 saturated carbocycles. The summed E-state index contributed by atoms with van der Waals surface area (Å²) < 4.78 is 0. The van der Waals surface area contributed by atoms with Gasteiger partial charge in [0, 0.05) is 11.3 Å². The average molecular weight is 421 g/mol. The second-order valence-corrected chi connectivity index (χ2v) is 8.76. The lowest BCUT2D eigenvalue weighted by Crippen LogP contribution is -2.54. The molecule has 0 aliphatic carbocycles. The van der Waals surface area contributed by atoms with Crippen molar-refractivity contribution >= 4 is 34.9 Å². The number of carbonyl (C=O) groups is 3. The molecule has 3 N–H and O–H groups in total. The van der Waals surface area contributed by atoms with Gasteiger partial charge < -0.3 is 15.7 Å². The van der Waals surface area contributed by atoms with E-state index in [0.717, 1.165) is 5.56 Å². The molecule has 1 aromatic carbocycles. The van der Waals surface area contributed by atoms with E-state index in [0.29, 0.717) is 11.3 Å². The normalized spacial score (nSPS) is 14.2. The highest BCUT2D eigenvalue weighted by molar-refractivity contribution is 7.80. The lowest BCUT2D eigenvalue weighted by atomic mass is 9.91. The van der Waals surface area contributed by atoms with E-state index in [4.69, 9.17) is 12.2 Å². The molecule has 0 saturated heterocycles. The van der Waals surface area contributed by atoms with Gasteiger partial charge in [0.15, 0.2) is 0 Å². The summed E-state index contributed by atoms with van der Waals surface area (Å²) in [6.45, 7) is 9.40. The summed E-state index contributed by atoms with van der Waals surface area (Å²) in [5, 5.41) is 14.9. The number of hydrogen-bond donors (Lipinski definition) is 3. The van der Waals surface area contributed by atoms with Crippen LogP contribution in [-0.2, 0) is 20.8 Å². The van der Waals surface area contributed by atoms with Crippen molar-refractivity contribution in [2.24, 2.45) is 17.8 Å². The van der Waals surface area contributed by atoms with Gasteiger partial charge in [0.25, 0.3) is 0 Å². The number of thiocarbonyl (C=S) groups is 1. The first-order valence-electron chi connectivity index (χ1n) is 9.90. The molecule has 0 radical (unpaired) electrons.